The molecule has 1 aromatic heterocycles. The highest BCUT2D eigenvalue weighted by Crippen LogP contribution is 2.29. The summed E-state index contributed by atoms with van der Waals surface area (Å²) < 4.78 is 5.77. The first-order valence-electron chi connectivity index (χ1n) is 6.41. The monoisotopic (exact) mass is 339 g/mol. The van der Waals surface area contributed by atoms with Crippen molar-refractivity contribution in [3.63, 3.8) is 0 Å². The van der Waals surface area contributed by atoms with Gasteiger partial charge in [0, 0.05) is 20.5 Å². The van der Waals surface area contributed by atoms with E-state index in [1.54, 1.807) is 18.2 Å². The Kier molecular flexibility index (Phi) is 4.14. The van der Waals surface area contributed by atoms with Crippen LogP contribution in [0.3, 0.4) is 0 Å². The maximum absolute atomic E-state index is 6.22. The van der Waals surface area contributed by atoms with E-state index in [-0.39, 0.29) is 6.04 Å². The summed E-state index contributed by atoms with van der Waals surface area (Å²) in [6.07, 6.45) is 0.573. The SMILES string of the molecule is NC(Cc1ccc(Cl)cc1Cl)c1cc2cc(Cl)ccc2o1. The molecule has 0 aliphatic heterocycles. The molecule has 1 heterocycles. The van der Waals surface area contributed by atoms with Gasteiger partial charge in [0.05, 0.1) is 6.04 Å². The van der Waals surface area contributed by atoms with E-state index in [0.717, 1.165) is 16.5 Å². The highest BCUT2D eigenvalue weighted by molar-refractivity contribution is 6.35. The highest BCUT2D eigenvalue weighted by atomic mass is 35.5. The molecule has 2 aromatic carbocycles. The molecule has 0 saturated carbocycles. The van der Waals surface area contributed by atoms with E-state index in [4.69, 9.17) is 45.0 Å². The molecule has 1 atom stereocenters. The first-order valence-corrected chi connectivity index (χ1v) is 7.55. The Morgan fingerprint density at radius 2 is 1.67 bits per heavy atom. The summed E-state index contributed by atoms with van der Waals surface area (Å²) in [7, 11) is 0. The Morgan fingerprint density at radius 1 is 0.952 bits per heavy atom. The van der Waals surface area contributed by atoms with Crippen molar-refractivity contribution < 1.29 is 4.42 Å². The summed E-state index contributed by atoms with van der Waals surface area (Å²) in [4.78, 5) is 0. The zero-order valence-electron chi connectivity index (χ0n) is 10.9. The van der Waals surface area contributed by atoms with Crippen molar-refractivity contribution >= 4 is 45.8 Å². The second kappa shape index (κ2) is 5.90. The summed E-state index contributed by atoms with van der Waals surface area (Å²) in [5.41, 5.74) is 7.93. The van der Waals surface area contributed by atoms with Crippen molar-refractivity contribution in [1.82, 2.24) is 0 Å². The molecule has 0 bridgehead atoms. The maximum Gasteiger partial charge on any atom is 0.134 e. The van der Waals surface area contributed by atoms with Gasteiger partial charge >= 0.3 is 0 Å². The van der Waals surface area contributed by atoms with Crippen LogP contribution in [0.2, 0.25) is 15.1 Å². The summed E-state index contributed by atoms with van der Waals surface area (Å²) in [5, 5.41) is 2.83. The lowest BCUT2D eigenvalue weighted by Gasteiger charge is -2.10. The van der Waals surface area contributed by atoms with Crippen LogP contribution in [-0.2, 0) is 6.42 Å². The normalized spacial score (nSPS) is 12.8. The Bertz CT molecular complexity index is 797. The van der Waals surface area contributed by atoms with Crippen molar-refractivity contribution in [3.05, 3.63) is 68.9 Å². The van der Waals surface area contributed by atoms with Crippen LogP contribution in [0.5, 0.6) is 0 Å². The number of hydrogen-bond acceptors (Lipinski definition) is 2. The van der Waals surface area contributed by atoms with Gasteiger partial charge in [-0.1, -0.05) is 40.9 Å². The van der Waals surface area contributed by atoms with Gasteiger partial charge in [-0.2, -0.15) is 0 Å². The Morgan fingerprint density at radius 3 is 2.43 bits per heavy atom. The standard InChI is InChI=1S/C16H12Cl3NO/c17-11-3-4-15-10(5-11)7-16(21-15)14(20)6-9-1-2-12(18)8-13(9)19/h1-5,7-8,14H,6,20H2. The second-order valence-corrected chi connectivity index (χ2v) is 6.16. The van der Waals surface area contributed by atoms with Gasteiger partial charge in [-0.25, -0.2) is 0 Å². The molecule has 0 aliphatic rings. The predicted octanol–water partition coefficient (Wildman–Crippen LogP) is 5.64. The second-order valence-electron chi connectivity index (χ2n) is 4.88. The van der Waals surface area contributed by atoms with E-state index in [2.05, 4.69) is 0 Å². The molecule has 0 aliphatic carbocycles. The lowest BCUT2D eigenvalue weighted by molar-refractivity contribution is 0.494. The van der Waals surface area contributed by atoms with Crippen LogP contribution in [0.1, 0.15) is 17.4 Å². The first-order chi connectivity index (χ1) is 10.0. The summed E-state index contributed by atoms with van der Waals surface area (Å²) >= 11 is 18.0. The molecule has 21 heavy (non-hydrogen) atoms. The predicted molar refractivity (Wildman–Crippen MR) is 88.3 cm³/mol. The third kappa shape index (κ3) is 3.19. The Hall–Kier alpha value is -1.19. The summed E-state index contributed by atoms with van der Waals surface area (Å²) in [6.45, 7) is 0. The van der Waals surface area contributed by atoms with E-state index in [0.29, 0.717) is 27.2 Å². The van der Waals surface area contributed by atoms with Crippen LogP contribution in [0.25, 0.3) is 11.0 Å². The van der Waals surface area contributed by atoms with Crippen molar-refractivity contribution in [2.45, 2.75) is 12.5 Å². The molecular formula is C16H12Cl3NO. The quantitative estimate of drug-likeness (QED) is 0.670. The van der Waals surface area contributed by atoms with E-state index in [1.807, 2.05) is 24.3 Å². The van der Waals surface area contributed by atoms with Gasteiger partial charge < -0.3 is 10.2 Å². The molecule has 1 unspecified atom stereocenters. The molecule has 0 saturated heterocycles. The number of rotatable bonds is 3. The molecule has 2 N–H and O–H groups in total. The van der Waals surface area contributed by atoms with Gasteiger partial charge in [0.2, 0.25) is 0 Å². The van der Waals surface area contributed by atoms with Gasteiger partial charge in [-0.05, 0) is 48.4 Å². The molecular weight excluding hydrogens is 329 g/mol. The van der Waals surface area contributed by atoms with Crippen LogP contribution in [0.15, 0.2) is 46.9 Å². The number of furan rings is 1. The number of benzene rings is 2. The Balaban J connectivity index is 1.87. The molecule has 108 valence electrons. The van der Waals surface area contributed by atoms with Crippen molar-refractivity contribution in [1.29, 1.82) is 0 Å². The topological polar surface area (TPSA) is 39.2 Å². The van der Waals surface area contributed by atoms with Gasteiger partial charge in [-0.3, -0.25) is 0 Å². The zero-order valence-corrected chi connectivity index (χ0v) is 13.2. The minimum Gasteiger partial charge on any atom is -0.459 e. The lowest BCUT2D eigenvalue weighted by atomic mass is 10.0. The van der Waals surface area contributed by atoms with Crippen molar-refractivity contribution in [3.8, 4) is 0 Å². The van der Waals surface area contributed by atoms with Crippen LogP contribution >= 0.6 is 34.8 Å². The fraction of sp³-hybridized carbons (Fsp3) is 0.125. The summed E-state index contributed by atoms with van der Waals surface area (Å²) in [6, 6.07) is 12.5. The van der Waals surface area contributed by atoms with Gasteiger partial charge in [0.15, 0.2) is 0 Å². The van der Waals surface area contributed by atoms with E-state index < -0.39 is 0 Å². The van der Waals surface area contributed by atoms with Gasteiger partial charge in [0.1, 0.15) is 11.3 Å². The van der Waals surface area contributed by atoms with E-state index in [1.165, 1.54) is 0 Å². The summed E-state index contributed by atoms with van der Waals surface area (Å²) in [5.74, 6) is 0.707. The molecule has 0 amide bonds. The average molecular weight is 341 g/mol. The molecule has 3 rings (SSSR count). The fourth-order valence-electron chi connectivity index (χ4n) is 2.24. The number of hydrogen-bond donors (Lipinski definition) is 1. The molecule has 0 fully saturated rings. The number of fused-ring (bicyclic) bond motifs is 1. The first kappa shape index (κ1) is 14.7. The average Bonchev–Trinajstić information content (AvgIpc) is 2.85. The molecule has 3 aromatic rings. The lowest BCUT2D eigenvalue weighted by Crippen LogP contribution is -2.12. The van der Waals surface area contributed by atoms with E-state index in [9.17, 15) is 0 Å². The zero-order chi connectivity index (χ0) is 15.0. The molecule has 0 radical (unpaired) electrons. The molecule has 5 heteroatoms. The van der Waals surface area contributed by atoms with Crippen LogP contribution < -0.4 is 5.73 Å². The largest absolute Gasteiger partial charge is 0.459 e. The van der Waals surface area contributed by atoms with Gasteiger partial charge in [0.25, 0.3) is 0 Å². The van der Waals surface area contributed by atoms with Crippen LogP contribution in [0, 0.1) is 0 Å². The molecule has 0 spiro atoms. The van der Waals surface area contributed by atoms with Crippen molar-refractivity contribution in [2.24, 2.45) is 5.73 Å². The number of halogens is 3. The van der Waals surface area contributed by atoms with Crippen molar-refractivity contribution in [2.75, 3.05) is 0 Å². The van der Waals surface area contributed by atoms with Gasteiger partial charge in [-0.15, -0.1) is 0 Å². The highest BCUT2D eigenvalue weighted by Gasteiger charge is 2.14. The minimum absolute atomic E-state index is 0.283. The van der Waals surface area contributed by atoms with Crippen LogP contribution in [0.4, 0.5) is 0 Å². The maximum atomic E-state index is 6.22. The fourth-order valence-corrected chi connectivity index (χ4v) is 2.91. The third-order valence-electron chi connectivity index (χ3n) is 3.32. The third-order valence-corrected chi connectivity index (χ3v) is 4.14. The van der Waals surface area contributed by atoms with E-state index >= 15 is 0 Å². The minimum atomic E-state index is -0.283. The smallest absolute Gasteiger partial charge is 0.134 e. The van der Waals surface area contributed by atoms with Crippen LogP contribution in [-0.4, -0.2) is 0 Å². The number of nitrogens with two attached hydrogens (primary N) is 1. The molecule has 2 nitrogen and oxygen atoms in total. The Labute approximate surface area is 137 Å².